The fourth-order valence-electron chi connectivity index (χ4n) is 2.62. The van der Waals surface area contributed by atoms with E-state index in [0.29, 0.717) is 12.2 Å². The summed E-state index contributed by atoms with van der Waals surface area (Å²) in [6.07, 6.45) is 2.60. The van der Waals surface area contributed by atoms with Gasteiger partial charge in [0.15, 0.2) is 5.84 Å². The number of hydrogen-bond acceptors (Lipinski definition) is 5. The molecule has 1 aromatic carbocycles. The van der Waals surface area contributed by atoms with Gasteiger partial charge in [0, 0.05) is 17.3 Å². The van der Waals surface area contributed by atoms with Gasteiger partial charge in [-0.15, -0.1) is 0 Å². The van der Waals surface area contributed by atoms with E-state index in [2.05, 4.69) is 10.5 Å². The van der Waals surface area contributed by atoms with E-state index >= 15 is 0 Å². The number of nitrogens with zero attached hydrogens (tertiary/aromatic N) is 1. The third kappa shape index (κ3) is 3.87. The number of ether oxygens (including phenoxy) is 1. The molecule has 21 heavy (non-hydrogen) atoms. The van der Waals surface area contributed by atoms with Crippen LogP contribution in [-0.4, -0.2) is 29.7 Å². The molecule has 6 nitrogen and oxygen atoms in total. The summed E-state index contributed by atoms with van der Waals surface area (Å²) in [5, 5.41) is 15.0. The van der Waals surface area contributed by atoms with Crippen molar-refractivity contribution in [3.05, 3.63) is 29.8 Å². The Kier molecular flexibility index (Phi) is 5.03. The van der Waals surface area contributed by atoms with Crippen LogP contribution in [0.1, 0.15) is 31.7 Å². The van der Waals surface area contributed by atoms with Crippen molar-refractivity contribution in [3.63, 3.8) is 0 Å². The number of esters is 1. The molecule has 0 spiro atoms. The Morgan fingerprint density at radius 3 is 2.76 bits per heavy atom. The minimum Gasteiger partial charge on any atom is -0.466 e. The first kappa shape index (κ1) is 15.2. The number of amidine groups is 1. The molecule has 0 saturated heterocycles. The van der Waals surface area contributed by atoms with Crippen LogP contribution in [0.5, 0.6) is 0 Å². The molecule has 1 fully saturated rings. The molecule has 0 aliphatic heterocycles. The Hall–Kier alpha value is -2.24. The number of nitrogens with two attached hydrogens (primary N) is 1. The molecule has 0 heterocycles. The molecule has 0 bridgehead atoms. The Morgan fingerprint density at radius 2 is 2.14 bits per heavy atom. The highest BCUT2D eigenvalue weighted by Crippen LogP contribution is 2.29. The van der Waals surface area contributed by atoms with Crippen molar-refractivity contribution in [1.29, 1.82) is 0 Å². The van der Waals surface area contributed by atoms with Crippen LogP contribution >= 0.6 is 0 Å². The average Bonchev–Trinajstić information content (AvgIpc) is 2.96. The van der Waals surface area contributed by atoms with E-state index in [4.69, 9.17) is 15.7 Å². The van der Waals surface area contributed by atoms with Crippen molar-refractivity contribution in [2.45, 2.75) is 32.2 Å². The molecule has 0 amide bonds. The van der Waals surface area contributed by atoms with E-state index in [1.807, 2.05) is 19.1 Å². The molecular formula is C15H21N3O3. The van der Waals surface area contributed by atoms with E-state index in [0.717, 1.165) is 24.9 Å². The quantitative estimate of drug-likeness (QED) is 0.253. The number of nitrogens with one attached hydrogen (secondary N) is 1. The summed E-state index contributed by atoms with van der Waals surface area (Å²) in [7, 11) is 0. The first-order chi connectivity index (χ1) is 10.1. The summed E-state index contributed by atoms with van der Waals surface area (Å²) in [6, 6.07) is 7.61. The van der Waals surface area contributed by atoms with Crippen molar-refractivity contribution in [3.8, 4) is 0 Å². The second-order valence-electron chi connectivity index (χ2n) is 5.17. The van der Waals surface area contributed by atoms with Crippen molar-refractivity contribution in [2.24, 2.45) is 16.8 Å². The standard InChI is InChI=1S/C15H21N3O3/c1-2-21-15(19)11-5-8-13(9-11)17-12-6-3-10(4-7-12)14(16)18-20/h3-4,6-7,11,13,17,20H,2,5,8-9H2,1H3,(H2,16,18)/t11-,13+/m0/s1. The van der Waals surface area contributed by atoms with Gasteiger partial charge in [0.05, 0.1) is 12.5 Å². The van der Waals surface area contributed by atoms with E-state index in [1.54, 1.807) is 12.1 Å². The maximum Gasteiger partial charge on any atom is 0.308 e. The molecule has 1 saturated carbocycles. The highest BCUT2D eigenvalue weighted by molar-refractivity contribution is 5.97. The number of oxime groups is 1. The topological polar surface area (TPSA) is 96.9 Å². The van der Waals surface area contributed by atoms with Crippen molar-refractivity contribution in [1.82, 2.24) is 0 Å². The summed E-state index contributed by atoms with van der Waals surface area (Å²) in [5.41, 5.74) is 7.14. The Bertz CT molecular complexity index is 513. The van der Waals surface area contributed by atoms with Gasteiger partial charge >= 0.3 is 5.97 Å². The lowest BCUT2D eigenvalue weighted by Gasteiger charge is -2.14. The molecule has 6 heteroatoms. The Balaban J connectivity index is 1.90. The van der Waals surface area contributed by atoms with Crippen LogP contribution < -0.4 is 11.1 Å². The summed E-state index contributed by atoms with van der Waals surface area (Å²) in [5.74, 6) is -0.00670. The SMILES string of the molecule is CCOC(=O)[C@H]1CC[C@@H](Nc2ccc(/C(N)=N/O)cc2)C1. The normalized spacial score (nSPS) is 22.0. The Labute approximate surface area is 124 Å². The van der Waals surface area contributed by atoms with Gasteiger partial charge in [-0.05, 0) is 50.5 Å². The van der Waals surface area contributed by atoms with Gasteiger partial charge in [0.25, 0.3) is 0 Å². The molecule has 1 aliphatic carbocycles. The lowest BCUT2D eigenvalue weighted by molar-refractivity contribution is -0.147. The summed E-state index contributed by atoms with van der Waals surface area (Å²) >= 11 is 0. The fourth-order valence-corrected chi connectivity index (χ4v) is 2.62. The minimum atomic E-state index is -0.0934. The van der Waals surface area contributed by atoms with Gasteiger partial charge in [-0.1, -0.05) is 5.16 Å². The third-order valence-electron chi connectivity index (χ3n) is 3.71. The lowest BCUT2D eigenvalue weighted by Crippen LogP contribution is -2.19. The zero-order valence-corrected chi connectivity index (χ0v) is 12.1. The molecule has 4 N–H and O–H groups in total. The maximum atomic E-state index is 11.7. The van der Waals surface area contributed by atoms with Crippen LogP contribution in [0.2, 0.25) is 0 Å². The number of benzene rings is 1. The minimum absolute atomic E-state index is 0.00103. The van der Waals surface area contributed by atoms with E-state index < -0.39 is 0 Å². The zero-order chi connectivity index (χ0) is 15.2. The molecule has 1 aromatic rings. The van der Waals surface area contributed by atoms with E-state index in [-0.39, 0.29) is 23.8 Å². The molecule has 0 unspecified atom stereocenters. The fraction of sp³-hybridized carbons (Fsp3) is 0.467. The largest absolute Gasteiger partial charge is 0.466 e. The smallest absolute Gasteiger partial charge is 0.308 e. The first-order valence-electron chi connectivity index (χ1n) is 7.15. The average molecular weight is 291 g/mol. The number of anilines is 1. The number of carbonyl (C=O) groups is 1. The van der Waals surface area contributed by atoms with Gasteiger partial charge in [-0.25, -0.2) is 0 Å². The molecular weight excluding hydrogens is 270 g/mol. The van der Waals surface area contributed by atoms with Crippen LogP contribution in [0, 0.1) is 5.92 Å². The Morgan fingerprint density at radius 1 is 1.43 bits per heavy atom. The van der Waals surface area contributed by atoms with E-state index in [1.165, 1.54) is 0 Å². The van der Waals surface area contributed by atoms with Crippen molar-refractivity contribution < 1.29 is 14.7 Å². The molecule has 114 valence electrons. The van der Waals surface area contributed by atoms with Crippen LogP contribution in [0.4, 0.5) is 5.69 Å². The van der Waals surface area contributed by atoms with E-state index in [9.17, 15) is 4.79 Å². The van der Waals surface area contributed by atoms with Gasteiger partial charge in [-0.3, -0.25) is 4.79 Å². The molecule has 2 rings (SSSR count). The highest BCUT2D eigenvalue weighted by Gasteiger charge is 2.30. The highest BCUT2D eigenvalue weighted by atomic mass is 16.5. The molecule has 0 aromatic heterocycles. The number of hydrogen-bond donors (Lipinski definition) is 3. The van der Waals surface area contributed by atoms with Gasteiger partial charge < -0.3 is 21.0 Å². The summed E-state index contributed by atoms with van der Waals surface area (Å²) in [4.78, 5) is 11.7. The number of rotatable bonds is 5. The second kappa shape index (κ2) is 6.97. The predicted molar refractivity (Wildman–Crippen MR) is 80.3 cm³/mol. The predicted octanol–water partition coefficient (Wildman–Crippen LogP) is 1.92. The van der Waals surface area contributed by atoms with Crippen molar-refractivity contribution >= 4 is 17.5 Å². The first-order valence-corrected chi connectivity index (χ1v) is 7.15. The van der Waals surface area contributed by atoms with Gasteiger partial charge in [0.2, 0.25) is 0 Å². The zero-order valence-electron chi connectivity index (χ0n) is 12.1. The lowest BCUT2D eigenvalue weighted by atomic mass is 10.1. The van der Waals surface area contributed by atoms with Crippen LogP contribution in [0.25, 0.3) is 0 Å². The third-order valence-corrected chi connectivity index (χ3v) is 3.71. The summed E-state index contributed by atoms with van der Waals surface area (Å²) < 4.78 is 5.06. The molecule has 1 aliphatic rings. The summed E-state index contributed by atoms with van der Waals surface area (Å²) in [6.45, 7) is 2.26. The van der Waals surface area contributed by atoms with Crippen LogP contribution in [0.15, 0.2) is 29.4 Å². The molecule has 0 radical (unpaired) electrons. The number of carbonyl (C=O) groups excluding carboxylic acids is 1. The van der Waals surface area contributed by atoms with Gasteiger partial charge in [-0.2, -0.15) is 0 Å². The van der Waals surface area contributed by atoms with Crippen molar-refractivity contribution in [2.75, 3.05) is 11.9 Å². The van der Waals surface area contributed by atoms with Crippen LogP contribution in [-0.2, 0) is 9.53 Å². The van der Waals surface area contributed by atoms with Gasteiger partial charge in [0.1, 0.15) is 0 Å². The monoisotopic (exact) mass is 291 g/mol. The second-order valence-corrected chi connectivity index (χ2v) is 5.17. The van der Waals surface area contributed by atoms with Crippen LogP contribution in [0.3, 0.4) is 0 Å². The molecule has 2 atom stereocenters. The maximum absolute atomic E-state index is 11.7.